The number of aromatic nitrogens is 5. The molecule has 1 N–H and O–H groups in total. The van der Waals surface area contributed by atoms with Crippen molar-refractivity contribution in [2.45, 2.75) is 6.54 Å². The van der Waals surface area contributed by atoms with Crippen LogP contribution in [0.3, 0.4) is 0 Å². The lowest BCUT2D eigenvalue weighted by Crippen LogP contribution is -2.18. The van der Waals surface area contributed by atoms with Crippen LogP contribution >= 0.6 is 0 Å². The van der Waals surface area contributed by atoms with Crippen LogP contribution < -0.4 is 4.90 Å². The van der Waals surface area contributed by atoms with Crippen molar-refractivity contribution in [3.05, 3.63) is 54.7 Å². The largest absolute Gasteiger partial charge is 0.355 e. The third-order valence-electron chi connectivity index (χ3n) is 3.77. The Kier molecular flexibility index (Phi) is 2.93. The van der Waals surface area contributed by atoms with Gasteiger partial charge in [-0.2, -0.15) is 5.10 Å². The van der Waals surface area contributed by atoms with Gasteiger partial charge in [-0.05, 0) is 17.0 Å². The number of rotatable bonds is 3. The summed E-state index contributed by atoms with van der Waals surface area (Å²) in [5.41, 5.74) is 1.98. The third kappa shape index (κ3) is 2.05. The summed E-state index contributed by atoms with van der Waals surface area (Å²) in [5, 5.41) is 10.2. The molecule has 3 aromatic heterocycles. The maximum Gasteiger partial charge on any atom is 0.160 e. The molecule has 22 heavy (non-hydrogen) atoms. The standard InChI is InChI=1S/C16H14N6/c1-22(16-14-8-20-21-15(14)18-10-19-16)9-12-4-2-3-11-7-17-6-5-13(11)12/h2-8,10H,9H2,1H3,(H,18,19,20,21). The number of H-pyrrole nitrogens is 1. The van der Waals surface area contributed by atoms with Gasteiger partial charge in [0.15, 0.2) is 5.65 Å². The van der Waals surface area contributed by atoms with E-state index in [1.807, 2.05) is 25.5 Å². The van der Waals surface area contributed by atoms with Crippen molar-refractivity contribution in [2.75, 3.05) is 11.9 Å². The van der Waals surface area contributed by atoms with Gasteiger partial charge in [0.05, 0.1) is 11.6 Å². The number of pyridine rings is 1. The van der Waals surface area contributed by atoms with Gasteiger partial charge in [-0.1, -0.05) is 18.2 Å². The van der Waals surface area contributed by atoms with Crippen LogP contribution in [0, 0.1) is 0 Å². The Morgan fingerprint density at radius 3 is 3.00 bits per heavy atom. The van der Waals surface area contributed by atoms with Gasteiger partial charge in [0.25, 0.3) is 0 Å². The van der Waals surface area contributed by atoms with Crippen molar-refractivity contribution in [1.29, 1.82) is 0 Å². The summed E-state index contributed by atoms with van der Waals surface area (Å²) in [5.74, 6) is 0.866. The second kappa shape index (κ2) is 5.07. The maximum atomic E-state index is 4.40. The molecule has 3 heterocycles. The van der Waals surface area contributed by atoms with Crippen LogP contribution in [-0.2, 0) is 6.54 Å². The second-order valence-electron chi connectivity index (χ2n) is 5.20. The Morgan fingerprint density at radius 2 is 2.05 bits per heavy atom. The van der Waals surface area contributed by atoms with Gasteiger partial charge in [-0.3, -0.25) is 10.1 Å². The predicted octanol–water partition coefficient (Wildman–Crippen LogP) is 2.54. The summed E-state index contributed by atoms with van der Waals surface area (Å²) in [6.45, 7) is 0.749. The number of nitrogens with zero attached hydrogens (tertiary/aromatic N) is 5. The topological polar surface area (TPSA) is 70.6 Å². The fourth-order valence-electron chi connectivity index (χ4n) is 2.71. The number of fused-ring (bicyclic) bond motifs is 2. The molecule has 0 fully saturated rings. The minimum absolute atomic E-state index is 0.749. The highest BCUT2D eigenvalue weighted by molar-refractivity contribution is 5.87. The SMILES string of the molecule is CN(Cc1cccc2cnccc12)c1ncnc2[nH]ncc12. The zero-order valence-corrected chi connectivity index (χ0v) is 12.1. The van der Waals surface area contributed by atoms with Gasteiger partial charge in [0.1, 0.15) is 12.1 Å². The van der Waals surface area contributed by atoms with Gasteiger partial charge in [0, 0.05) is 31.4 Å². The summed E-state index contributed by atoms with van der Waals surface area (Å²) >= 11 is 0. The van der Waals surface area contributed by atoms with E-state index in [0.717, 1.165) is 28.8 Å². The highest BCUT2D eigenvalue weighted by Gasteiger charge is 2.11. The molecule has 0 aliphatic heterocycles. The van der Waals surface area contributed by atoms with E-state index < -0.39 is 0 Å². The molecule has 4 rings (SSSR count). The van der Waals surface area contributed by atoms with E-state index in [4.69, 9.17) is 0 Å². The molecule has 6 heteroatoms. The number of hydrogen-bond acceptors (Lipinski definition) is 5. The molecule has 108 valence electrons. The fraction of sp³-hybridized carbons (Fsp3) is 0.125. The molecule has 0 atom stereocenters. The first-order valence-corrected chi connectivity index (χ1v) is 7.00. The zero-order valence-electron chi connectivity index (χ0n) is 12.1. The van der Waals surface area contributed by atoms with Crippen LogP contribution in [0.5, 0.6) is 0 Å². The monoisotopic (exact) mass is 290 g/mol. The molecule has 0 spiro atoms. The van der Waals surface area contributed by atoms with E-state index >= 15 is 0 Å². The molecule has 0 aliphatic carbocycles. The minimum atomic E-state index is 0.749. The van der Waals surface area contributed by atoms with Gasteiger partial charge < -0.3 is 4.90 Å². The lowest BCUT2D eigenvalue weighted by molar-refractivity contribution is 0.906. The second-order valence-corrected chi connectivity index (χ2v) is 5.20. The van der Waals surface area contributed by atoms with Gasteiger partial charge in [0.2, 0.25) is 0 Å². The highest BCUT2D eigenvalue weighted by Crippen LogP contribution is 2.24. The molecule has 0 radical (unpaired) electrons. The van der Waals surface area contributed by atoms with Crippen LogP contribution in [-0.4, -0.2) is 32.2 Å². The summed E-state index contributed by atoms with van der Waals surface area (Å²) in [6.07, 6.45) is 7.02. The smallest absolute Gasteiger partial charge is 0.160 e. The van der Waals surface area contributed by atoms with Crippen molar-refractivity contribution in [2.24, 2.45) is 0 Å². The van der Waals surface area contributed by atoms with E-state index in [-0.39, 0.29) is 0 Å². The molecule has 0 amide bonds. The van der Waals surface area contributed by atoms with Crippen LogP contribution in [0.4, 0.5) is 5.82 Å². The molecule has 0 bridgehead atoms. The number of hydrogen-bond donors (Lipinski definition) is 1. The average molecular weight is 290 g/mol. The molecule has 0 saturated heterocycles. The van der Waals surface area contributed by atoms with Gasteiger partial charge >= 0.3 is 0 Å². The predicted molar refractivity (Wildman–Crippen MR) is 85.5 cm³/mol. The molecule has 0 saturated carbocycles. The Morgan fingerprint density at radius 1 is 1.09 bits per heavy atom. The summed E-state index contributed by atoms with van der Waals surface area (Å²) in [4.78, 5) is 14.9. The molecular formula is C16H14N6. The van der Waals surface area contributed by atoms with Gasteiger partial charge in [-0.25, -0.2) is 9.97 Å². The van der Waals surface area contributed by atoms with E-state index in [1.165, 1.54) is 10.9 Å². The Hall–Kier alpha value is -3.02. The van der Waals surface area contributed by atoms with Crippen LogP contribution in [0.15, 0.2) is 49.2 Å². The molecule has 6 nitrogen and oxygen atoms in total. The average Bonchev–Trinajstić information content (AvgIpc) is 3.03. The third-order valence-corrected chi connectivity index (χ3v) is 3.77. The Balaban J connectivity index is 1.75. The number of anilines is 1. The maximum absolute atomic E-state index is 4.40. The van der Waals surface area contributed by atoms with E-state index in [1.54, 1.807) is 12.5 Å². The summed E-state index contributed by atoms with van der Waals surface area (Å²) in [7, 11) is 2.02. The van der Waals surface area contributed by atoms with Crippen molar-refractivity contribution in [3.63, 3.8) is 0 Å². The first kappa shape index (κ1) is 12.7. The van der Waals surface area contributed by atoms with Crippen molar-refractivity contribution in [1.82, 2.24) is 25.1 Å². The summed E-state index contributed by atoms with van der Waals surface area (Å²) < 4.78 is 0. The Bertz CT molecular complexity index is 940. The zero-order chi connectivity index (χ0) is 14.9. The van der Waals surface area contributed by atoms with E-state index in [2.05, 4.69) is 48.2 Å². The lowest BCUT2D eigenvalue weighted by Gasteiger charge is -2.19. The Labute approximate surface area is 126 Å². The first-order valence-electron chi connectivity index (χ1n) is 7.00. The number of benzene rings is 1. The summed E-state index contributed by atoms with van der Waals surface area (Å²) in [6, 6.07) is 8.31. The molecular weight excluding hydrogens is 276 g/mol. The lowest BCUT2D eigenvalue weighted by atomic mass is 10.1. The normalized spacial score (nSPS) is 11.1. The number of nitrogens with one attached hydrogen (secondary N) is 1. The number of aromatic amines is 1. The van der Waals surface area contributed by atoms with Crippen LogP contribution in [0.2, 0.25) is 0 Å². The van der Waals surface area contributed by atoms with Crippen molar-refractivity contribution >= 4 is 27.6 Å². The minimum Gasteiger partial charge on any atom is -0.355 e. The molecule has 0 unspecified atom stereocenters. The van der Waals surface area contributed by atoms with Gasteiger partial charge in [-0.15, -0.1) is 0 Å². The molecule has 0 aliphatic rings. The van der Waals surface area contributed by atoms with Crippen molar-refractivity contribution in [3.8, 4) is 0 Å². The fourth-order valence-corrected chi connectivity index (χ4v) is 2.71. The molecule has 4 aromatic rings. The quantitative estimate of drug-likeness (QED) is 0.628. The van der Waals surface area contributed by atoms with Crippen molar-refractivity contribution < 1.29 is 0 Å². The first-order chi connectivity index (χ1) is 10.8. The molecule has 1 aromatic carbocycles. The highest BCUT2D eigenvalue weighted by atomic mass is 15.2. The van der Waals surface area contributed by atoms with Crippen LogP contribution in [0.1, 0.15) is 5.56 Å². The van der Waals surface area contributed by atoms with E-state index in [0.29, 0.717) is 0 Å². The van der Waals surface area contributed by atoms with Crippen LogP contribution in [0.25, 0.3) is 21.8 Å². The van der Waals surface area contributed by atoms with E-state index in [9.17, 15) is 0 Å².